The minimum absolute atomic E-state index is 0.860. The van der Waals surface area contributed by atoms with Gasteiger partial charge in [0.05, 0.1) is 18.3 Å². The third-order valence-corrected chi connectivity index (χ3v) is 4.09. The van der Waals surface area contributed by atoms with Gasteiger partial charge in [-0.2, -0.15) is 0 Å². The standard InChI is InChI=1S/C21H17NO/c1-23-19-12-7-11-18(15-19)22-20-13-6-5-10-17(20)14-21(22)16-8-3-2-4-9-16/h2-15H,1H3. The molecule has 0 saturated heterocycles. The number of hydrogen-bond donors (Lipinski definition) is 0. The highest BCUT2D eigenvalue weighted by Crippen LogP contribution is 2.32. The van der Waals surface area contributed by atoms with Crippen LogP contribution in [0.4, 0.5) is 0 Å². The fourth-order valence-corrected chi connectivity index (χ4v) is 3.00. The van der Waals surface area contributed by atoms with Gasteiger partial charge in [-0.1, -0.05) is 54.6 Å². The second-order valence-corrected chi connectivity index (χ2v) is 5.49. The fraction of sp³-hybridized carbons (Fsp3) is 0.0476. The monoisotopic (exact) mass is 299 g/mol. The van der Waals surface area contributed by atoms with Crippen molar-refractivity contribution in [3.8, 4) is 22.7 Å². The first-order chi connectivity index (χ1) is 11.4. The first-order valence-electron chi connectivity index (χ1n) is 7.67. The molecule has 0 amide bonds. The molecule has 23 heavy (non-hydrogen) atoms. The highest BCUT2D eigenvalue weighted by atomic mass is 16.5. The molecule has 3 aromatic carbocycles. The maximum absolute atomic E-state index is 5.40. The smallest absolute Gasteiger partial charge is 0.120 e. The van der Waals surface area contributed by atoms with Gasteiger partial charge in [0.1, 0.15) is 5.75 Å². The Kier molecular flexibility index (Phi) is 3.35. The van der Waals surface area contributed by atoms with Crippen molar-refractivity contribution in [2.45, 2.75) is 0 Å². The van der Waals surface area contributed by atoms with Crippen LogP contribution in [0, 0.1) is 0 Å². The average molecular weight is 299 g/mol. The van der Waals surface area contributed by atoms with E-state index in [0.29, 0.717) is 0 Å². The van der Waals surface area contributed by atoms with Crippen molar-refractivity contribution in [2.75, 3.05) is 7.11 Å². The van der Waals surface area contributed by atoms with Crippen LogP contribution in [0.5, 0.6) is 5.75 Å². The summed E-state index contributed by atoms with van der Waals surface area (Å²) in [4.78, 5) is 0. The summed E-state index contributed by atoms with van der Waals surface area (Å²) >= 11 is 0. The predicted molar refractivity (Wildman–Crippen MR) is 95.3 cm³/mol. The van der Waals surface area contributed by atoms with E-state index in [0.717, 1.165) is 11.4 Å². The van der Waals surface area contributed by atoms with Gasteiger partial charge >= 0.3 is 0 Å². The fourth-order valence-electron chi connectivity index (χ4n) is 3.00. The zero-order valence-corrected chi connectivity index (χ0v) is 12.9. The van der Waals surface area contributed by atoms with Gasteiger partial charge in [0.2, 0.25) is 0 Å². The average Bonchev–Trinajstić information content (AvgIpc) is 3.02. The van der Waals surface area contributed by atoms with Crippen molar-refractivity contribution in [1.29, 1.82) is 0 Å². The molecule has 2 heteroatoms. The number of nitrogens with zero attached hydrogens (tertiary/aromatic N) is 1. The van der Waals surface area contributed by atoms with E-state index in [1.165, 1.54) is 22.2 Å². The van der Waals surface area contributed by atoms with E-state index in [4.69, 9.17) is 4.74 Å². The lowest BCUT2D eigenvalue weighted by molar-refractivity contribution is 0.414. The molecule has 4 aromatic rings. The normalized spacial score (nSPS) is 10.8. The number of hydrogen-bond acceptors (Lipinski definition) is 1. The lowest BCUT2D eigenvalue weighted by Gasteiger charge is -2.12. The van der Waals surface area contributed by atoms with Gasteiger partial charge in [-0.25, -0.2) is 0 Å². The first-order valence-corrected chi connectivity index (χ1v) is 7.67. The van der Waals surface area contributed by atoms with Gasteiger partial charge in [-0.05, 0) is 29.8 Å². The summed E-state index contributed by atoms with van der Waals surface area (Å²) in [6.45, 7) is 0. The summed E-state index contributed by atoms with van der Waals surface area (Å²) in [6.07, 6.45) is 0. The summed E-state index contributed by atoms with van der Waals surface area (Å²) in [5.74, 6) is 0.860. The first kappa shape index (κ1) is 13.6. The Morgan fingerprint density at radius 2 is 1.52 bits per heavy atom. The Morgan fingerprint density at radius 1 is 0.739 bits per heavy atom. The van der Waals surface area contributed by atoms with E-state index in [9.17, 15) is 0 Å². The van der Waals surface area contributed by atoms with E-state index in [2.05, 4.69) is 71.3 Å². The molecule has 2 nitrogen and oxygen atoms in total. The largest absolute Gasteiger partial charge is 0.497 e. The Hall–Kier alpha value is -3.00. The molecule has 0 bridgehead atoms. The summed E-state index contributed by atoms with van der Waals surface area (Å²) in [5, 5.41) is 1.23. The van der Waals surface area contributed by atoms with Gasteiger partial charge in [-0.3, -0.25) is 0 Å². The molecule has 0 aliphatic carbocycles. The second-order valence-electron chi connectivity index (χ2n) is 5.49. The third-order valence-electron chi connectivity index (χ3n) is 4.09. The van der Waals surface area contributed by atoms with Gasteiger partial charge in [-0.15, -0.1) is 0 Å². The number of benzene rings is 3. The molecule has 0 radical (unpaired) electrons. The summed E-state index contributed by atoms with van der Waals surface area (Å²) in [5.41, 5.74) is 4.68. The van der Waals surface area contributed by atoms with Crippen LogP contribution < -0.4 is 4.74 Å². The summed E-state index contributed by atoms with van der Waals surface area (Å²) in [6, 6.07) is 29.4. The van der Waals surface area contributed by atoms with Gasteiger partial charge in [0.25, 0.3) is 0 Å². The maximum atomic E-state index is 5.40. The minimum Gasteiger partial charge on any atom is -0.497 e. The van der Waals surface area contributed by atoms with Crippen molar-refractivity contribution in [3.63, 3.8) is 0 Å². The summed E-state index contributed by atoms with van der Waals surface area (Å²) in [7, 11) is 1.70. The van der Waals surface area contributed by atoms with E-state index in [-0.39, 0.29) is 0 Å². The van der Waals surface area contributed by atoms with Crippen LogP contribution in [0.25, 0.3) is 27.8 Å². The maximum Gasteiger partial charge on any atom is 0.120 e. The Labute approximate surface area is 135 Å². The van der Waals surface area contributed by atoms with Gasteiger partial charge < -0.3 is 9.30 Å². The zero-order valence-electron chi connectivity index (χ0n) is 12.9. The van der Waals surface area contributed by atoms with Crippen LogP contribution >= 0.6 is 0 Å². The highest BCUT2D eigenvalue weighted by molar-refractivity contribution is 5.89. The van der Waals surface area contributed by atoms with Crippen LogP contribution in [0.2, 0.25) is 0 Å². The number of rotatable bonds is 3. The van der Waals surface area contributed by atoms with E-state index in [1.54, 1.807) is 7.11 Å². The highest BCUT2D eigenvalue weighted by Gasteiger charge is 2.12. The molecule has 0 spiro atoms. The molecular weight excluding hydrogens is 282 g/mol. The van der Waals surface area contributed by atoms with Gasteiger partial charge in [0.15, 0.2) is 0 Å². The Morgan fingerprint density at radius 3 is 2.35 bits per heavy atom. The van der Waals surface area contributed by atoms with E-state index in [1.807, 2.05) is 18.2 Å². The second kappa shape index (κ2) is 5.65. The number of para-hydroxylation sites is 1. The molecule has 1 aromatic heterocycles. The molecule has 0 saturated carbocycles. The Balaban J connectivity index is 2.03. The van der Waals surface area contributed by atoms with Crippen molar-refractivity contribution in [3.05, 3.63) is 84.9 Å². The lowest BCUT2D eigenvalue weighted by atomic mass is 10.1. The molecule has 0 aliphatic rings. The quantitative estimate of drug-likeness (QED) is 0.500. The van der Waals surface area contributed by atoms with Crippen molar-refractivity contribution >= 4 is 10.9 Å². The van der Waals surface area contributed by atoms with Crippen LogP contribution in [-0.2, 0) is 0 Å². The molecular formula is C21H17NO. The molecule has 0 fully saturated rings. The number of fused-ring (bicyclic) bond motifs is 1. The minimum atomic E-state index is 0.860. The third kappa shape index (κ3) is 2.38. The van der Waals surface area contributed by atoms with Crippen LogP contribution in [0.1, 0.15) is 0 Å². The van der Waals surface area contributed by atoms with E-state index >= 15 is 0 Å². The molecule has 4 rings (SSSR count). The lowest BCUT2D eigenvalue weighted by Crippen LogP contribution is -1.97. The number of ether oxygens (including phenoxy) is 1. The Bertz CT molecular complexity index is 954. The topological polar surface area (TPSA) is 14.2 Å². The van der Waals surface area contributed by atoms with Crippen LogP contribution in [0.3, 0.4) is 0 Å². The number of methoxy groups -OCH3 is 1. The molecule has 0 aliphatic heterocycles. The van der Waals surface area contributed by atoms with E-state index < -0.39 is 0 Å². The zero-order chi connectivity index (χ0) is 15.6. The van der Waals surface area contributed by atoms with Crippen LogP contribution in [0.15, 0.2) is 84.9 Å². The molecule has 0 N–H and O–H groups in total. The molecule has 1 heterocycles. The van der Waals surface area contributed by atoms with Gasteiger partial charge in [0, 0.05) is 17.1 Å². The predicted octanol–water partition coefficient (Wildman–Crippen LogP) is 5.31. The van der Waals surface area contributed by atoms with Crippen LogP contribution in [-0.4, -0.2) is 11.7 Å². The van der Waals surface area contributed by atoms with Crippen molar-refractivity contribution in [2.24, 2.45) is 0 Å². The SMILES string of the molecule is COc1cccc(-n2c(-c3ccccc3)cc3ccccc32)c1. The molecule has 112 valence electrons. The van der Waals surface area contributed by atoms with Crippen molar-refractivity contribution < 1.29 is 4.74 Å². The summed E-state index contributed by atoms with van der Waals surface area (Å²) < 4.78 is 7.68. The molecule has 0 unspecified atom stereocenters. The van der Waals surface area contributed by atoms with Crippen molar-refractivity contribution in [1.82, 2.24) is 4.57 Å². The molecule has 0 atom stereocenters. The number of aromatic nitrogens is 1.